The van der Waals surface area contributed by atoms with Crippen LogP contribution < -0.4 is 0 Å². The van der Waals surface area contributed by atoms with Gasteiger partial charge in [0.1, 0.15) is 0 Å². The summed E-state index contributed by atoms with van der Waals surface area (Å²) in [4.78, 5) is 0. The second-order valence-electron chi connectivity index (χ2n) is 4.75. The average Bonchev–Trinajstić information content (AvgIpc) is 2.03. The van der Waals surface area contributed by atoms with Crippen LogP contribution in [0.15, 0.2) is 0 Å². The molecule has 1 nitrogen and oxygen atoms in total. The van der Waals surface area contributed by atoms with Crippen molar-refractivity contribution in [3.63, 3.8) is 0 Å². The fourth-order valence-electron chi connectivity index (χ4n) is 1.78. The van der Waals surface area contributed by atoms with Gasteiger partial charge in [-0.05, 0) is 31.1 Å². The molecular formula is C11H24OS2. The van der Waals surface area contributed by atoms with Crippen LogP contribution in [0.25, 0.3) is 0 Å². The smallest absolute Gasteiger partial charge is 0.0735 e. The monoisotopic (exact) mass is 236 g/mol. The number of hydrogen-bond donors (Lipinski definition) is 1. The Kier molecular flexibility index (Phi) is 8.26. The number of hydrogen-bond acceptors (Lipinski definition) is 3. The summed E-state index contributed by atoms with van der Waals surface area (Å²) in [5, 5.41) is 0. The van der Waals surface area contributed by atoms with E-state index in [1.54, 1.807) is 0 Å². The zero-order valence-electron chi connectivity index (χ0n) is 9.99. The average molecular weight is 236 g/mol. The van der Waals surface area contributed by atoms with Gasteiger partial charge < -0.3 is 4.18 Å². The Bertz CT molecular complexity index is 137. The fourth-order valence-corrected chi connectivity index (χ4v) is 2.46. The van der Waals surface area contributed by atoms with Crippen LogP contribution in [0.1, 0.15) is 47.5 Å². The summed E-state index contributed by atoms with van der Waals surface area (Å²) in [5.74, 6) is 2.12. The molecule has 0 spiro atoms. The molecule has 0 radical (unpaired) electrons. The molecule has 3 heteroatoms. The standard InChI is InChI=1S/C11H24OS2/c1-8(2)6-7-11(9(3)4)10(5)12-14-13/h8-11,13H,6-7H2,1-5H3/t10-,11?/m0/s1. The lowest BCUT2D eigenvalue weighted by atomic mass is 9.85. The molecule has 0 saturated carbocycles. The molecule has 0 N–H and O–H groups in total. The van der Waals surface area contributed by atoms with Crippen molar-refractivity contribution in [2.75, 3.05) is 0 Å². The first kappa shape index (κ1) is 14.7. The van der Waals surface area contributed by atoms with Gasteiger partial charge in [-0.25, -0.2) is 0 Å². The van der Waals surface area contributed by atoms with Crippen LogP contribution >= 0.6 is 22.7 Å². The van der Waals surface area contributed by atoms with Gasteiger partial charge in [-0.15, -0.1) is 0 Å². The van der Waals surface area contributed by atoms with E-state index >= 15 is 0 Å². The zero-order valence-corrected chi connectivity index (χ0v) is 11.7. The third-order valence-electron chi connectivity index (χ3n) is 2.73. The van der Waals surface area contributed by atoms with Gasteiger partial charge in [-0.3, -0.25) is 0 Å². The molecule has 0 rings (SSSR count). The molecule has 86 valence electrons. The number of thiol groups is 1. The molecule has 14 heavy (non-hydrogen) atoms. The van der Waals surface area contributed by atoms with Crippen molar-refractivity contribution in [3.05, 3.63) is 0 Å². The van der Waals surface area contributed by atoms with Crippen LogP contribution in [0, 0.1) is 17.8 Å². The first-order valence-corrected chi connectivity index (χ1v) is 7.25. The van der Waals surface area contributed by atoms with Crippen LogP contribution in [-0.2, 0) is 4.18 Å². The minimum Gasteiger partial charge on any atom is -0.302 e. The second kappa shape index (κ2) is 7.89. The van der Waals surface area contributed by atoms with Crippen molar-refractivity contribution in [2.24, 2.45) is 17.8 Å². The predicted molar refractivity (Wildman–Crippen MR) is 69.5 cm³/mol. The molecule has 0 aromatic carbocycles. The van der Waals surface area contributed by atoms with Gasteiger partial charge in [0.15, 0.2) is 0 Å². The predicted octanol–water partition coefficient (Wildman–Crippen LogP) is 4.59. The van der Waals surface area contributed by atoms with Crippen molar-refractivity contribution in [1.29, 1.82) is 0 Å². The highest BCUT2D eigenvalue weighted by Gasteiger charge is 2.21. The van der Waals surface area contributed by atoms with Gasteiger partial charge >= 0.3 is 0 Å². The second-order valence-corrected chi connectivity index (χ2v) is 5.54. The quantitative estimate of drug-likeness (QED) is 0.393. The minimum absolute atomic E-state index is 0.302. The zero-order chi connectivity index (χ0) is 11.1. The van der Waals surface area contributed by atoms with E-state index in [2.05, 4.69) is 46.3 Å². The van der Waals surface area contributed by atoms with E-state index in [1.807, 2.05) is 0 Å². The summed E-state index contributed by atoms with van der Waals surface area (Å²) in [7, 11) is 0. The fraction of sp³-hybridized carbons (Fsp3) is 1.00. The van der Waals surface area contributed by atoms with Gasteiger partial charge in [-0.1, -0.05) is 45.8 Å². The normalized spacial score (nSPS) is 16.3. The topological polar surface area (TPSA) is 9.23 Å². The molecule has 2 atom stereocenters. The highest BCUT2D eigenvalue weighted by atomic mass is 33.1. The van der Waals surface area contributed by atoms with Crippen LogP contribution in [-0.4, -0.2) is 6.10 Å². The first-order valence-electron chi connectivity index (χ1n) is 5.45. The molecular weight excluding hydrogens is 212 g/mol. The summed E-state index contributed by atoms with van der Waals surface area (Å²) in [6, 6.07) is 0. The van der Waals surface area contributed by atoms with E-state index < -0.39 is 0 Å². The van der Waals surface area contributed by atoms with Crippen LogP contribution in [0.2, 0.25) is 0 Å². The van der Waals surface area contributed by atoms with Gasteiger partial charge in [0.05, 0.1) is 17.2 Å². The van der Waals surface area contributed by atoms with Gasteiger partial charge in [-0.2, -0.15) is 0 Å². The molecule has 0 aromatic heterocycles. The van der Waals surface area contributed by atoms with Gasteiger partial charge in [0.2, 0.25) is 0 Å². The number of rotatable bonds is 7. The van der Waals surface area contributed by atoms with E-state index in [4.69, 9.17) is 4.18 Å². The third-order valence-corrected chi connectivity index (χ3v) is 3.38. The molecule has 0 aromatic rings. The highest BCUT2D eigenvalue weighted by molar-refractivity contribution is 8.66. The summed E-state index contributed by atoms with van der Waals surface area (Å²) in [5.41, 5.74) is 0. The van der Waals surface area contributed by atoms with Gasteiger partial charge in [0.25, 0.3) is 0 Å². The molecule has 0 aliphatic carbocycles. The highest BCUT2D eigenvalue weighted by Crippen LogP contribution is 2.28. The van der Waals surface area contributed by atoms with Crippen molar-refractivity contribution in [2.45, 2.75) is 53.6 Å². The molecule has 0 bridgehead atoms. The molecule has 1 unspecified atom stereocenters. The van der Waals surface area contributed by atoms with Gasteiger partial charge in [0, 0.05) is 0 Å². The molecule has 0 aliphatic rings. The largest absolute Gasteiger partial charge is 0.302 e. The summed E-state index contributed by atoms with van der Waals surface area (Å²) < 4.78 is 5.48. The van der Waals surface area contributed by atoms with Crippen molar-refractivity contribution in [1.82, 2.24) is 0 Å². The van der Waals surface area contributed by atoms with E-state index in [9.17, 15) is 0 Å². The van der Waals surface area contributed by atoms with Crippen molar-refractivity contribution in [3.8, 4) is 0 Å². The molecule has 0 heterocycles. The molecule has 0 saturated heterocycles. The maximum atomic E-state index is 5.48. The lowest BCUT2D eigenvalue weighted by molar-refractivity contribution is 0.134. The van der Waals surface area contributed by atoms with Crippen molar-refractivity contribution < 1.29 is 4.18 Å². The Balaban J connectivity index is 4.00. The lowest BCUT2D eigenvalue weighted by Crippen LogP contribution is -2.23. The summed E-state index contributed by atoms with van der Waals surface area (Å²) in [6.07, 6.45) is 2.84. The van der Waals surface area contributed by atoms with Crippen LogP contribution in [0.3, 0.4) is 0 Å². The molecule has 0 aliphatic heterocycles. The molecule has 0 amide bonds. The Morgan fingerprint density at radius 2 is 1.64 bits per heavy atom. The van der Waals surface area contributed by atoms with Crippen LogP contribution in [0.4, 0.5) is 0 Å². The SMILES string of the molecule is CC(C)CCC(C(C)C)[C@H](C)OSS. The third kappa shape index (κ3) is 6.20. The maximum Gasteiger partial charge on any atom is 0.0735 e. The lowest BCUT2D eigenvalue weighted by Gasteiger charge is -2.26. The first-order chi connectivity index (χ1) is 6.49. The molecule has 0 fully saturated rings. The van der Waals surface area contributed by atoms with E-state index in [1.165, 1.54) is 23.9 Å². The Morgan fingerprint density at radius 1 is 1.07 bits per heavy atom. The van der Waals surface area contributed by atoms with Crippen LogP contribution in [0.5, 0.6) is 0 Å². The van der Waals surface area contributed by atoms with E-state index in [0.29, 0.717) is 17.9 Å². The minimum atomic E-state index is 0.302. The van der Waals surface area contributed by atoms with E-state index in [-0.39, 0.29) is 0 Å². The van der Waals surface area contributed by atoms with Crippen molar-refractivity contribution >= 4 is 22.7 Å². The van der Waals surface area contributed by atoms with E-state index in [0.717, 1.165) is 5.92 Å². The summed E-state index contributed by atoms with van der Waals surface area (Å²) in [6.45, 7) is 11.2. The maximum absolute atomic E-state index is 5.48. The Labute approximate surface area is 98.4 Å². The Hall–Kier alpha value is 0.660. The Morgan fingerprint density at radius 3 is 2.00 bits per heavy atom. The summed E-state index contributed by atoms with van der Waals surface area (Å²) >= 11 is 5.21.